The van der Waals surface area contributed by atoms with E-state index in [0.29, 0.717) is 0 Å². The first-order valence-electron chi connectivity index (χ1n) is 5.49. The molecule has 0 fully saturated rings. The van der Waals surface area contributed by atoms with Gasteiger partial charge in [-0.3, -0.25) is 4.79 Å². The zero-order valence-electron chi connectivity index (χ0n) is 10.7. The van der Waals surface area contributed by atoms with Crippen molar-refractivity contribution in [2.24, 2.45) is 0 Å². The molecule has 0 spiro atoms. The van der Waals surface area contributed by atoms with Gasteiger partial charge in [-0.1, -0.05) is 11.8 Å². The minimum atomic E-state index is -0.271. The first-order valence-corrected chi connectivity index (χ1v) is 7.19. The highest BCUT2D eigenvalue weighted by molar-refractivity contribution is 8.00. The van der Waals surface area contributed by atoms with Crippen molar-refractivity contribution in [3.63, 3.8) is 0 Å². The number of thioether (sulfide) groups is 1. The molecule has 0 aromatic carbocycles. The minimum Gasteiger partial charge on any atom is -0.468 e. The summed E-state index contributed by atoms with van der Waals surface area (Å²) in [6.45, 7) is 5.95. The summed E-state index contributed by atoms with van der Waals surface area (Å²) in [5.74, 6) is -0.239. The average Bonchev–Trinajstić information content (AvgIpc) is 2.65. The fraction of sp³-hybridized carbons (Fsp3) is 0.417. The smallest absolute Gasteiger partial charge is 0.318 e. The van der Waals surface area contributed by atoms with Crippen LogP contribution in [0.1, 0.15) is 17.4 Å². The Bertz CT molecular complexity index is 595. The largest absolute Gasteiger partial charge is 0.468 e. The van der Waals surface area contributed by atoms with E-state index in [1.54, 1.807) is 17.7 Å². The van der Waals surface area contributed by atoms with Gasteiger partial charge in [0.1, 0.15) is 21.4 Å². The second-order valence-corrected chi connectivity index (χ2v) is 6.46. The molecule has 0 saturated carbocycles. The molecule has 0 aliphatic rings. The number of thiophene rings is 1. The van der Waals surface area contributed by atoms with Crippen LogP contribution >= 0.6 is 23.1 Å². The van der Waals surface area contributed by atoms with Crippen LogP contribution in [0.15, 0.2) is 11.4 Å². The van der Waals surface area contributed by atoms with Crippen LogP contribution in [0.2, 0.25) is 0 Å². The Labute approximate surface area is 114 Å². The van der Waals surface area contributed by atoms with Crippen molar-refractivity contribution in [1.29, 1.82) is 0 Å². The Kier molecular flexibility index (Phi) is 3.87. The summed E-state index contributed by atoms with van der Waals surface area (Å²) in [5, 5.41) is 1.63. The van der Waals surface area contributed by atoms with E-state index in [2.05, 4.69) is 23.8 Å². The molecule has 1 atom stereocenters. The van der Waals surface area contributed by atoms with Crippen molar-refractivity contribution in [3.05, 3.63) is 16.8 Å². The third-order valence-corrected chi connectivity index (χ3v) is 4.95. The monoisotopic (exact) mass is 282 g/mol. The lowest BCUT2D eigenvalue weighted by Gasteiger charge is -2.08. The van der Waals surface area contributed by atoms with Gasteiger partial charge in [-0.2, -0.15) is 0 Å². The summed E-state index contributed by atoms with van der Waals surface area (Å²) in [7, 11) is 1.40. The second-order valence-electron chi connectivity index (χ2n) is 3.93. The number of ether oxygens (including phenoxy) is 1. The SMILES string of the molecule is COC(=O)[C@@H](C)Sc1ncnc2sc(C)c(C)c12. The van der Waals surface area contributed by atoms with Crippen molar-refractivity contribution in [2.45, 2.75) is 31.0 Å². The first-order chi connectivity index (χ1) is 8.54. The Hall–Kier alpha value is -1.14. The van der Waals surface area contributed by atoms with Gasteiger partial charge in [0.25, 0.3) is 0 Å². The van der Waals surface area contributed by atoms with E-state index in [4.69, 9.17) is 4.74 Å². The molecule has 2 aromatic heterocycles. The molecule has 96 valence electrons. The molecule has 6 heteroatoms. The molecule has 0 bridgehead atoms. The van der Waals surface area contributed by atoms with Gasteiger partial charge in [-0.05, 0) is 26.3 Å². The lowest BCUT2D eigenvalue weighted by molar-refractivity contribution is -0.139. The van der Waals surface area contributed by atoms with Gasteiger partial charge in [0.05, 0.1) is 7.11 Å². The Morgan fingerprint density at radius 2 is 2.17 bits per heavy atom. The van der Waals surface area contributed by atoms with Crippen LogP contribution in [0.3, 0.4) is 0 Å². The number of esters is 1. The molecular weight excluding hydrogens is 268 g/mol. The number of aryl methyl sites for hydroxylation is 2. The molecule has 0 radical (unpaired) electrons. The summed E-state index contributed by atoms with van der Waals surface area (Å²) < 4.78 is 4.73. The standard InChI is InChI=1S/C12H14N2O2S2/c1-6-7(2)17-10-9(6)11(14-5-13-10)18-8(3)12(15)16-4/h5,8H,1-4H3/t8-/m1/s1. The second kappa shape index (κ2) is 5.24. The number of hydrogen-bond donors (Lipinski definition) is 0. The van der Waals surface area contributed by atoms with Crippen molar-refractivity contribution in [1.82, 2.24) is 9.97 Å². The molecule has 0 aliphatic heterocycles. The van der Waals surface area contributed by atoms with Crippen LogP contribution < -0.4 is 0 Å². The molecule has 2 rings (SSSR count). The van der Waals surface area contributed by atoms with Crippen LogP contribution in [0.4, 0.5) is 0 Å². The van der Waals surface area contributed by atoms with Crippen molar-refractivity contribution >= 4 is 39.3 Å². The highest BCUT2D eigenvalue weighted by Crippen LogP contribution is 2.35. The number of carbonyl (C=O) groups excluding carboxylic acids is 1. The Morgan fingerprint density at radius 3 is 2.83 bits per heavy atom. The molecule has 0 amide bonds. The van der Waals surface area contributed by atoms with Gasteiger partial charge < -0.3 is 4.74 Å². The Morgan fingerprint density at radius 1 is 1.44 bits per heavy atom. The van der Waals surface area contributed by atoms with Crippen LogP contribution in [0, 0.1) is 13.8 Å². The third kappa shape index (κ3) is 2.35. The first kappa shape index (κ1) is 13.3. The fourth-order valence-corrected chi connectivity index (χ4v) is 3.69. The van der Waals surface area contributed by atoms with Crippen LogP contribution in [0.5, 0.6) is 0 Å². The maximum absolute atomic E-state index is 11.5. The number of rotatable bonds is 3. The zero-order chi connectivity index (χ0) is 13.3. The normalized spacial score (nSPS) is 12.7. The molecule has 18 heavy (non-hydrogen) atoms. The van der Waals surface area contributed by atoms with E-state index in [9.17, 15) is 4.79 Å². The molecule has 4 nitrogen and oxygen atoms in total. The summed E-state index contributed by atoms with van der Waals surface area (Å²) in [4.78, 5) is 22.2. The Balaban J connectivity index is 2.42. The van der Waals surface area contributed by atoms with Crippen LogP contribution in [-0.2, 0) is 9.53 Å². The highest BCUT2D eigenvalue weighted by atomic mass is 32.2. The number of fused-ring (bicyclic) bond motifs is 1. The molecular formula is C12H14N2O2S2. The van der Waals surface area contributed by atoms with E-state index in [1.807, 2.05) is 6.92 Å². The predicted molar refractivity (Wildman–Crippen MR) is 74.2 cm³/mol. The predicted octanol–water partition coefficient (Wildman–Crippen LogP) is 2.96. The minimum absolute atomic E-state index is 0.239. The molecule has 2 aromatic rings. The molecule has 0 N–H and O–H groups in total. The molecule has 0 unspecified atom stereocenters. The van der Waals surface area contributed by atoms with E-state index < -0.39 is 0 Å². The fourth-order valence-electron chi connectivity index (χ4n) is 1.62. The number of methoxy groups -OCH3 is 1. The van der Waals surface area contributed by atoms with E-state index in [1.165, 1.54) is 29.3 Å². The number of aromatic nitrogens is 2. The van der Waals surface area contributed by atoms with Crippen LogP contribution in [-0.4, -0.2) is 28.3 Å². The van der Waals surface area contributed by atoms with Gasteiger partial charge in [0.2, 0.25) is 0 Å². The molecule has 0 aliphatic carbocycles. The van der Waals surface area contributed by atoms with Crippen LogP contribution in [0.25, 0.3) is 10.2 Å². The molecule has 2 heterocycles. The summed E-state index contributed by atoms with van der Waals surface area (Å²) in [6, 6.07) is 0. The summed E-state index contributed by atoms with van der Waals surface area (Å²) in [5.41, 5.74) is 1.19. The number of nitrogens with zero attached hydrogens (tertiary/aromatic N) is 2. The molecule has 0 saturated heterocycles. The third-order valence-electron chi connectivity index (χ3n) is 2.75. The quantitative estimate of drug-likeness (QED) is 0.492. The van der Waals surface area contributed by atoms with E-state index >= 15 is 0 Å². The average molecular weight is 282 g/mol. The van der Waals surface area contributed by atoms with E-state index in [-0.39, 0.29) is 11.2 Å². The van der Waals surface area contributed by atoms with Crippen molar-refractivity contribution < 1.29 is 9.53 Å². The highest BCUT2D eigenvalue weighted by Gasteiger charge is 2.19. The number of carbonyl (C=O) groups is 1. The summed E-state index contributed by atoms with van der Waals surface area (Å²) in [6.07, 6.45) is 1.55. The maximum Gasteiger partial charge on any atom is 0.318 e. The number of hydrogen-bond acceptors (Lipinski definition) is 6. The lowest BCUT2D eigenvalue weighted by atomic mass is 10.2. The van der Waals surface area contributed by atoms with Gasteiger partial charge >= 0.3 is 5.97 Å². The van der Waals surface area contributed by atoms with Crippen molar-refractivity contribution in [3.8, 4) is 0 Å². The zero-order valence-corrected chi connectivity index (χ0v) is 12.3. The topological polar surface area (TPSA) is 52.1 Å². The van der Waals surface area contributed by atoms with Gasteiger partial charge in [-0.25, -0.2) is 9.97 Å². The van der Waals surface area contributed by atoms with Gasteiger partial charge in [-0.15, -0.1) is 11.3 Å². The lowest BCUT2D eigenvalue weighted by Crippen LogP contribution is -2.14. The van der Waals surface area contributed by atoms with Gasteiger partial charge in [0.15, 0.2) is 0 Å². The summed E-state index contributed by atoms with van der Waals surface area (Å²) >= 11 is 3.07. The van der Waals surface area contributed by atoms with Crippen molar-refractivity contribution in [2.75, 3.05) is 7.11 Å². The maximum atomic E-state index is 11.5. The van der Waals surface area contributed by atoms with E-state index in [0.717, 1.165) is 15.2 Å². The van der Waals surface area contributed by atoms with Gasteiger partial charge in [0, 0.05) is 10.3 Å².